The summed E-state index contributed by atoms with van der Waals surface area (Å²) >= 11 is 0. The monoisotopic (exact) mass is 229 g/mol. The number of likely N-dealkylation sites (tertiary alicyclic amines) is 1. The Balaban J connectivity index is 0.000000280. The maximum absolute atomic E-state index is 8.44. The Kier molecular flexibility index (Phi) is 6.23. The molecule has 1 saturated carbocycles. The molecule has 0 bridgehead atoms. The van der Waals surface area contributed by atoms with Crippen molar-refractivity contribution < 1.29 is 19.9 Å². The maximum Gasteiger partial charge on any atom is 0.249 e. The first-order chi connectivity index (χ1) is 7.70. The first-order valence-electron chi connectivity index (χ1n) is 6.44. The summed E-state index contributed by atoms with van der Waals surface area (Å²) in [5, 5.41) is 15.3. The van der Waals surface area contributed by atoms with Crippen molar-refractivity contribution in [3.8, 4) is 0 Å². The van der Waals surface area contributed by atoms with Gasteiger partial charge in [-0.1, -0.05) is 6.42 Å². The molecule has 1 aliphatic carbocycles. The van der Waals surface area contributed by atoms with Crippen LogP contribution in [0, 0.1) is 0 Å². The fraction of sp³-hybridized carbons (Fsp3) is 0.917. The zero-order chi connectivity index (χ0) is 11.8. The van der Waals surface area contributed by atoms with Crippen LogP contribution >= 0.6 is 0 Å². The van der Waals surface area contributed by atoms with Gasteiger partial charge in [-0.2, -0.15) is 0 Å². The van der Waals surface area contributed by atoms with Crippen LogP contribution < -0.4 is 10.0 Å². The molecular formula is C12H23NO3. The van der Waals surface area contributed by atoms with Crippen LogP contribution in [0.4, 0.5) is 4.79 Å². The highest BCUT2D eigenvalue weighted by Crippen LogP contribution is 2.16. The van der Waals surface area contributed by atoms with E-state index in [1.807, 2.05) is 4.90 Å². The van der Waals surface area contributed by atoms with E-state index in [2.05, 4.69) is 0 Å². The van der Waals surface area contributed by atoms with Crippen LogP contribution in [-0.2, 0) is 0 Å². The topological polar surface area (TPSA) is 64.8 Å². The van der Waals surface area contributed by atoms with Crippen molar-refractivity contribution in [1.82, 2.24) is 0 Å². The average molecular weight is 229 g/mol. The van der Waals surface area contributed by atoms with Crippen LogP contribution in [0.3, 0.4) is 0 Å². The van der Waals surface area contributed by atoms with Crippen LogP contribution in [0.5, 0.6) is 0 Å². The Morgan fingerprint density at radius 1 is 1.00 bits per heavy atom. The third-order valence-corrected chi connectivity index (χ3v) is 3.68. The van der Waals surface area contributed by atoms with Crippen molar-refractivity contribution in [3.05, 3.63) is 0 Å². The molecule has 1 aliphatic heterocycles. The molecule has 1 heterocycles. The van der Waals surface area contributed by atoms with Gasteiger partial charge < -0.3 is 19.9 Å². The van der Waals surface area contributed by atoms with Crippen LogP contribution in [0.25, 0.3) is 0 Å². The number of quaternary nitrogens is 1. The number of carbonyl (C=O) groups is 1. The smallest absolute Gasteiger partial charge is 0.249 e. The highest BCUT2D eigenvalue weighted by molar-refractivity contribution is 5.50. The molecule has 4 heteroatoms. The van der Waals surface area contributed by atoms with E-state index in [0.29, 0.717) is 0 Å². The van der Waals surface area contributed by atoms with E-state index in [1.54, 1.807) is 0 Å². The van der Waals surface area contributed by atoms with Crippen LogP contribution in [-0.4, -0.2) is 30.4 Å². The molecule has 0 radical (unpaired) electrons. The zero-order valence-electron chi connectivity index (χ0n) is 9.91. The summed E-state index contributed by atoms with van der Waals surface area (Å²) in [5.41, 5.74) is 0. The van der Waals surface area contributed by atoms with Gasteiger partial charge in [0.15, 0.2) is 0 Å². The first kappa shape index (κ1) is 13.3. The Hall–Kier alpha value is -0.770. The molecule has 0 atom stereocenters. The van der Waals surface area contributed by atoms with E-state index in [-0.39, 0.29) is 0 Å². The van der Waals surface area contributed by atoms with E-state index < -0.39 is 6.16 Å². The minimum absolute atomic E-state index is 1.05. The van der Waals surface area contributed by atoms with Gasteiger partial charge in [0.1, 0.15) is 0 Å². The second-order valence-electron chi connectivity index (χ2n) is 4.82. The summed E-state index contributed by atoms with van der Waals surface area (Å²) < 4.78 is 0. The zero-order valence-corrected chi connectivity index (χ0v) is 9.91. The second kappa shape index (κ2) is 7.49. The largest absolute Gasteiger partial charge is 0.565 e. The summed E-state index contributed by atoms with van der Waals surface area (Å²) in [6, 6.07) is 1.05. The number of rotatable bonds is 1. The van der Waals surface area contributed by atoms with Gasteiger partial charge in [-0.05, 0) is 44.9 Å². The quantitative estimate of drug-likeness (QED) is 0.678. The number of hydrogen-bond acceptors (Lipinski definition) is 2. The molecule has 2 rings (SSSR count). The van der Waals surface area contributed by atoms with E-state index in [9.17, 15) is 0 Å². The molecule has 2 fully saturated rings. The third kappa shape index (κ3) is 5.35. The first-order valence-corrected chi connectivity index (χ1v) is 6.44. The number of piperidine rings is 1. The fourth-order valence-corrected chi connectivity index (χ4v) is 2.92. The molecule has 0 unspecified atom stereocenters. The van der Waals surface area contributed by atoms with E-state index in [0.717, 1.165) is 6.04 Å². The molecule has 0 spiro atoms. The van der Waals surface area contributed by atoms with Gasteiger partial charge in [-0.15, -0.1) is 0 Å². The molecule has 1 saturated heterocycles. The lowest BCUT2D eigenvalue weighted by molar-refractivity contribution is -0.931. The summed E-state index contributed by atoms with van der Waals surface area (Å²) in [5.74, 6) is 0. The molecule has 2 N–H and O–H groups in total. The van der Waals surface area contributed by atoms with Gasteiger partial charge in [-0.25, -0.2) is 0 Å². The molecule has 0 amide bonds. The van der Waals surface area contributed by atoms with Crippen molar-refractivity contribution in [2.45, 2.75) is 57.4 Å². The average Bonchev–Trinajstić information content (AvgIpc) is 2.31. The predicted molar refractivity (Wildman–Crippen MR) is 59.4 cm³/mol. The van der Waals surface area contributed by atoms with Gasteiger partial charge in [-0.3, -0.25) is 0 Å². The van der Waals surface area contributed by atoms with E-state index in [1.165, 1.54) is 64.5 Å². The minimum Gasteiger partial charge on any atom is -0.565 e. The third-order valence-electron chi connectivity index (χ3n) is 3.68. The van der Waals surface area contributed by atoms with Crippen molar-refractivity contribution in [3.63, 3.8) is 0 Å². The Bertz CT molecular complexity index is 176. The van der Waals surface area contributed by atoms with E-state index in [4.69, 9.17) is 15.0 Å². The molecule has 16 heavy (non-hydrogen) atoms. The standard InChI is InChI=1S/C11H21N.CH2O3/c1-3-7-11(8-4-1)12-9-5-2-6-10-12;2-1(3)4/h11H,1-10H2;(H2,2,3,4). The Labute approximate surface area is 97.3 Å². The summed E-state index contributed by atoms with van der Waals surface area (Å²) in [6.45, 7) is 2.95. The van der Waals surface area contributed by atoms with Gasteiger partial charge in [0, 0.05) is 0 Å². The summed E-state index contributed by atoms with van der Waals surface area (Å²) in [6.07, 6.45) is 9.96. The Morgan fingerprint density at radius 3 is 1.94 bits per heavy atom. The molecule has 94 valence electrons. The maximum atomic E-state index is 8.44. The van der Waals surface area contributed by atoms with Crippen molar-refractivity contribution in [1.29, 1.82) is 0 Å². The van der Waals surface area contributed by atoms with Gasteiger partial charge in [0.05, 0.1) is 19.1 Å². The van der Waals surface area contributed by atoms with Crippen LogP contribution in [0.2, 0.25) is 0 Å². The van der Waals surface area contributed by atoms with Gasteiger partial charge in [0.25, 0.3) is 0 Å². The minimum atomic E-state index is -2.08. The molecule has 0 aromatic heterocycles. The summed E-state index contributed by atoms with van der Waals surface area (Å²) in [4.78, 5) is 10.4. The number of nitrogens with one attached hydrogen (secondary N) is 1. The molecule has 2 aliphatic rings. The fourth-order valence-electron chi connectivity index (χ4n) is 2.92. The lowest BCUT2D eigenvalue weighted by atomic mass is 9.93. The normalized spacial score (nSPS) is 23.2. The van der Waals surface area contributed by atoms with Crippen molar-refractivity contribution in [2.75, 3.05) is 13.1 Å². The van der Waals surface area contributed by atoms with Crippen LogP contribution in [0.15, 0.2) is 0 Å². The number of carboxylic acid groups (broad SMARTS) is 2. The Morgan fingerprint density at radius 2 is 1.44 bits per heavy atom. The van der Waals surface area contributed by atoms with Crippen molar-refractivity contribution >= 4 is 6.16 Å². The highest BCUT2D eigenvalue weighted by Gasteiger charge is 2.25. The van der Waals surface area contributed by atoms with Gasteiger partial charge >= 0.3 is 0 Å². The number of hydrogen-bond donors (Lipinski definition) is 2. The second-order valence-corrected chi connectivity index (χ2v) is 4.82. The molecular weight excluding hydrogens is 206 g/mol. The SMILES string of the molecule is C1CCC([NH+]2CCCCC2)CC1.O=C([O-])O. The van der Waals surface area contributed by atoms with Crippen molar-refractivity contribution in [2.24, 2.45) is 0 Å². The molecule has 0 aromatic carbocycles. The molecule has 4 nitrogen and oxygen atoms in total. The summed E-state index contributed by atoms with van der Waals surface area (Å²) in [7, 11) is 0. The molecule has 0 aromatic rings. The highest BCUT2D eigenvalue weighted by atomic mass is 16.6. The predicted octanol–water partition coefficient (Wildman–Crippen LogP) is 0.276. The van der Waals surface area contributed by atoms with Gasteiger partial charge in [0.2, 0.25) is 6.16 Å². The van der Waals surface area contributed by atoms with Crippen LogP contribution in [0.1, 0.15) is 51.4 Å². The lowest BCUT2D eigenvalue weighted by Gasteiger charge is -2.33. The van der Waals surface area contributed by atoms with E-state index >= 15 is 0 Å². The lowest BCUT2D eigenvalue weighted by Crippen LogP contribution is -3.16.